The summed E-state index contributed by atoms with van der Waals surface area (Å²) in [5.74, 6) is 0. The zero-order chi connectivity index (χ0) is 20.2. The molecule has 2 aromatic heterocycles. The highest BCUT2D eigenvalue weighted by Gasteiger charge is 2.35. The van der Waals surface area contributed by atoms with Crippen LogP contribution in [0.5, 0.6) is 0 Å². The van der Waals surface area contributed by atoms with Gasteiger partial charge in [0, 0.05) is 21.5 Å². The quantitative estimate of drug-likeness (QED) is 0.382. The van der Waals surface area contributed by atoms with Crippen molar-refractivity contribution >= 4 is 50.9 Å². The molecule has 3 aromatic carbocycles. The van der Waals surface area contributed by atoms with Crippen molar-refractivity contribution in [1.29, 1.82) is 0 Å². The molecule has 0 fully saturated rings. The van der Waals surface area contributed by atoms with Gasteiger partial charge in [0.1, 0.15) is 0 Å². The normalized spacial score (nSPS) is 12.6. The topological polar surface area (TPSA) is 57.0 Å². The van der Waals surface area contributed by atoms with Crippen molar-refractivity contribution in [3.05, 3.63) is 71.0 Å². The highest BCUT2D eigenvalue weighted by molar-refractivity contribution is 7.63. The van der Waals surface area contributed by atoms with Crippen LogP contribution in [0, 0.1) is 0 Å². The third kappa shape index (κ3) is 2.48. The molecule has 5 aromatic rings. The molecule has 0 aliphatic heterocycles. The van der Waals surface area contributed by atoms with Crippen LogP contribution in [0.15, 0.2) is 65.5 Å². The number of fused-ring (bicyclic) bond motifs is 4. The summed E-state index contributed by atoms with van der Waals surface area (Å²) in [6.07, 6.45) is 0. The van der Waals surface area contributed by atoms with Gasteiger partial charge in [-0.25, -0.2) is 0 Å². The minimum Gasteiger partial charge on any atom is -0.305 e. The first-order chi connectivity index (χ1) is 14.1. The second kappa shape index (κ2) is 6.67. The summed E-state index contributed by atoms with van der Waals surface area (Å²) < 4.78 is 27.0. The standard InChI is InChI=1S/C23H20NO4P/c1-3-27-29(26,28-4-2)22-16-11-5-6-14-19(16)24-21(22)17-12-7-9-15-10-8-13-18(20(15)17)23(24)25/h5-14H,3-4H2,1-2H3. The van der Waals surface area contributed by atoms with Gasteiger partial charge in [-0.1, -0.05) is 48.5 Å². The van der Waals surface area contributed by atoms with Crippen LogP contribution in [0.3, 0.4) is 0 Å². The molecule has 5 nitrogen and oxygen atoms in total. The predicted molar refractivity (Wildman–Crippen MR) is 118 cm³/mol. The lowest BCUT2D eigenvalue weighted by atomic mass is 10.0. The molecule has 0 aliphatic carbocycles. The summed E-state index contributed by atoms with van der Waals surface area (Å²) in [7, 11) is -3.65. The van der Waals surface area contributed by atoms with E-state index in [4.69, 9.17) is 9.05 Å². The molecule has 29 heavy (non-hydrogen) atoms. The average molecular weight is 405 g/mol. The molecule has 146 valence electrons. The Labute approximate surface area is 167 Å². The van der Waals surface area contributed by atoms with Gasteiger partial charge in [0.15, 0.2) is 0 Å². The first-order valence-corrected chi connectivity index (χ1v) is 11.2. The predicted octanol–water partition coefficient (Wildman–Crippen LogP) is 5.09. The monoisotopic (exact) mass is 405 g/mol. The zero-order valence-corrected chi connectivity index (χ0v) is 17.1. The molecule has 0 atom stereocenters. The second-order valence-electron chi connectivity index (χ2n) is 6.90. The van der Waals surface area contributed by atoms with Crippen molar-refractivity contribution in [1.82, 2.24) is 4.40 Å². The van der Waals surface area contributed by atoms with E-state index in [-0.39, 0.29) is 18.8 Å². The highest BCUT2D eigenvalue weighted by atomic mass is 31.2. The number of rotatable bonds is 5. The van der Waals surface area contributed by atoms with Crippen LogP contribution in [0.4, 0.5) is 0 Å². The second-order valence-corrected chi connectivity index (χ2v) is 8.86. The van der Waals surface area contributed by atoms with Gasteiger partial charge in [0.2, 0.25) is 0 Å². The Kier molecular flexibility index (Phi) is 4.21. The smallest absolute Gasteiger partial charge is 0.305 e. The molecule has 0 N–H and O–H groups in total. The number of pyridine rings is 1. The van der Waals surface area contributed by atoms with Crippen molar-refractivity contribution in [3.63, 3.8) is 0 Å². The van der Waals surface area contributed by atoms with Gasteiger partial charge in [-0.05, 0) is 31.4 Å². The highest BCUT2D eigenvalue weighted by Crippen LogP contribution is 2.51. The van der Waals surface area contributed by atoms with Crippen LogP contribution in [-0.4, -0.2) is 17.6 Å². The molecule has 0 amide bonds. The molecule has 0 bridgehead atoms. The van der Waals surface area contributed by atoms with Gasteiger partial charge >= 0.3 is 7.60 Å². The van der Waals surface area contributed by atoms with Crippen LogP contribution in [-0.2, 0) is 13.6 Å². The Morgan fingerprint density at radius 2 is 1.45 bits per heavy atom. The maximum atomic E-state index is 13.9. The molecule has 2 heterocycles. The zero-order valence-electron chi connectivity index (χ0n) is 16.2. The lowest BCUT2D eigenvalue weighted by Crippen LogP contribution is -2.17. The van der Waals surface area contributed by atoms with Crippen molar-refractivity contribution in [2.24, 2.45) is 0 Å². The van der Waals surface area contributed by atoms with E-state index in [2.05, 4.69) is 0 Å². The van der Waals surface area contributed by atoms with E-state index in [0.717, 1.165) is 16.2 Å². The van der Waals surface area contributed by atoms with Crippen LogP contribution in [0.1, 0.15) is 13.8 Å². The number of para-hydroxylation sites is 1. The fraction of sp³-hybridized carbons (Fsp3) is 0.174. The summed E-state index contributed by atoms with van der Waals surface area (Å²) in [5, 5.41) is 4.52. The van der Waals surface area contributed by atoms with E-state index in [9.17, 15) is 9.36 Å². The Morgan fingerprint density at radius 3 is 2.14 bits per heavy atom. The van der Waals surface area contributed by atoms with Gasteiger partial charge in [0.05, 0.1) is 29.6 Å². The lowest BCUT2D eigenvalue weighted by molar-refractivity contribution is 0.230. The molecule has 0 saturated carbocycles. The number of hydrogen-bond acceptors (Lipinski definition) is 4. The van der Waals surface area contributed by atoms with Crippen LogP contribution < -0.4 is 10.9 Å². The summed E-state index contributed by atoms with van der Waals surface area (Å²) in [5.41, 5.74) is 1.17. The molecular formula is C23H20NO4P. The summed E-state index contributed by atoms with van der Waals surface area (Å²) >= 11 is 0. The van der Waals surface area contributed by atoms with Crippen molar-refractivity contribution in [2.75, 3.05) is 13.2 Å². The third-order valence-electron chi connectivity index (χ3n) is 5.31. The SMILES string of the molecule is CCOP(=O)(OCC)c1c2ccccc2n2c(=O)c3cccc4cccc(c43)c12. The van der Waals surface area contributed by atoms with E-state index in [1.165, 1.54) is 0 Å². The van der Waals surface area contributed by atoms with Gasteiger partial charge in [-0.2, -0.15) is 0 Å². The minimum absolute atomic E-state index is 0.133. The Balaban J connectivity index is 2.13. The first kappa shape index (κ1) is 18.3. The molecule has 0 aliphatic rings. The molecule has 0 unspecified atom stereocenters. The molecule has 0 radical (unpaired) electrons. The third-order valence-corrected chi connectivity index (χ3v) is 7.51. The maximum absolute atomic E-state index is 13.9. The average Bonchev–Trinajstić information content (AvgIpc) is 3.08. The molecule has 0 saturated heterocycles. The van der Waals surface area contributed by atoms with E-state index < -0.39 is 7.60 Å². The van der Waals surface area contributed by atoms with Gasteiger partial charge in [-0.3, -0.25) is 13.8 Å². The van der Waals surface area contributed by atoms with Gasteiger partial charge in [0.25, 0.3) is 5.56 Å². The summed E-state index contributed by atoms with van der Waals surface area (Å²) in [6, 6.07) is 19.1. The van der Waals surface area contributed by atoms with Crippen molar-refractivity contribution in [2.45, 2.75) is 13.8 Å². The van der Waals surface area contributed by atoms with E-state index >= 15 is 0 Å². The number of nitrogens with zero attached hydrogens (tertiary/aromatic N) is 1. The lowest BCUT2D eigenvalue weighted by Gasteiger charge is -2.18. The first-order valence-electron chi connectivity index (χ1n) is 9.70. The minimum atomic E-state index is -3.65. The summed E-state index contributed by atoms with van der Waals surface area (Å²) in [6.45, 7) is 4.06. The number of aromatic nitrogens is 1. The number of benzene rings is 3. The van der Waals surface area contributed by atoms with Crippen LogP contribution in [0.25, 0.3) is 38.0 Å². The Bertz CT molecular complexity index is 1470. The molecule has 6 heteroatoms. The van der Waals surface area contributed by atoms with Crippen molar-refractivity contribution in [3.8, 4) is 0 Å². The van der Waals surface area contributed by atoms with E-state index in [1.54, 1.807) is 18.2 Å². The Morgan fingerprint density at radius 1 is 0.828 bits per heavy atom. The van der Waals surface area contributed by atoms with Crippen molar-refractivity contribution < 1.29 is 13.6 Å². The summed E-state index contributed by atoms with van der Waals surface area (Å²) in [4.78, 5) is 13.6. The maximum Gasteiger partial charge on any atom is 0.364 e. The largest absolute Gasteiger partial charge is 0.364 e. The van der Waals surface area contributed by atoms with E-state index in [1.807, 2.05) is 60.7 Å². The molecule has 5 rings (SSSR count). The van der Waals surface area contributed by atoms with E-state index in [0.29, 0.717) is 27.1 Å². The van der Waals surface area contributed by atoms with Gasteiger partial charge in [-0.15, -0.1) is 0 Å². The Hall–Kier alpha value is -2.72. The molecular weight excluding hydrogens is 385 g/mol. The number of hydrogen-bond donors (Lipinski definition) is 0. The fourth-order valence-corrected chi connectivity index (χ4v) is 6.28. The van der Waals surface area contributed by atoms with Crippen LogP contribution in [0.2, 0.25) is 0 Å². The van der Waals surface area contributed by atoms with Crippen LogP contribution >= 0.6 is 7.60 Å². The van der Waals surface area contributed by atoms with Gasteiger partial charge < -0.3 is 9.05 Å². The fourth-order valence-electron chi connectivity index (χ4n) is 4.30. The molecule has 0 spiro atoms.